The van der Waals surface area contributed by atoms with Crippen LogP contribution in [0.2, 0.25) is 0 Å². The molecule has 0 saturated carbocycles. The fourth-order valence-electron chi connectivity index (χ4n) is 4.58. The number of carboxylic acid groups (broad SMARTS) is 1. The normalized spacial score (nSPS) is 19.9. The minimum atomic E-state index is -0.826. The second-order valence-electron chi connectivity index (χ2n) is 9.02. The molecule has 0 unspecified atom stereocenters. The van der Waals surface area contributed by atoms with Crippen molar-refractivity contribution in [1.82, 2.24) is 35.8 Å². The van der Waals surface area contributed by atoms with Gasteiger partial charge in [0.05, 0.1) is 5.92 Å². The van der Waals surface area contributed by atoms with Gasteiger partial charge in [-0.25, -0.2) is 4.98 Å². The summed E-state index contributed by atoms with van der Waals surface area (Å²) in [7, 11) is 0. The maximum absolute atomic E-state index is 12.0. The number of piperazine rings is 1. The van der Waals surface area contributed by atoms with E-state index in [1.807, 2.05) is 32.2 Å². The molecule has 10 nitrogen and oxygen atoms in total. The Kier molecular flexibility index (Phi) is 6.77. The third kappa shape index (κ3) is 5.19. The van der Waals surface area contributed by atoms with Crippen molar-refractivity contribution in [3.63, 3.8) is 0 Å². The first-order valence-corrected chi connectivity index (χ1v) is 11.1. The standard InChI is InChI=1S/C21H32N8O2/c1-14(2)9-18(21(30)31)17(20-24-26-27-25-20)10-15-3-4-19(23-11-15)29-12-16(13-29)28-7-5-22-6-8-28/h3-4,11,14,16-18,22H,5-10,12-13H2,1-2H3,(H,30,31)(H,24,25,26,27)/t17-,18-/m0/s1. The van der Waals surface area contributed by atoms with Crippen LogP contribution in [0.25, 0.3) is 0 Å². The number of carboxylic acids is 1. The Labute approximate surface area is 182 Å². The summed E-state index contributed by atoms with van der Waals surface area (Å²) in [6.07, 6.45) is 2.93. The predicted octanol–water partition coefficient (Wildman–Crippen LogP) is 0.762. The molecule has 2 aromatic heterocycles. The van der Waals surface area contributed by atoms with Crippen LogP contribution < -0.4 is 10.2 Å². The summed E-state index contributed by atoms with van der Waals surface area (Å²) in [4.78, 5) is 21.5. The van der Waals surface area contributed by atoms with Crippen LogP contribution in [0.5, 0.6) is 0 Å². The van der Waals surface area contributed by atoms with E-state index >= 15 is 0 Å². The predicted molar refractivity (Wildman–Crippen MR) is 116 cm³/mol. The number of rotatable bonds is 9. The van der Waals surface area contributed by atoms with E-state index in [0.29, 0.717) is 24.7 Å². The van der Waals surface area contributed by atoms with Crippen LogP contribution in [0.1, 0.15) is 37.6 Å². The van der Waals surface area contributed by atoms with Crippen molar-refractivity contribution in [2.75, 3.05) is 44.2 Å². The van der Waals surface area contributed by atoms with Crippen LogP contribution in [0.15, 0.2) is 18.3 Å². The maximum atomic E-state index is 12.0. The van der Waals surface area contributed by atoms with Gasteiger partial charge >= 0.3 is 5.97 Å². The number of anilines is 1. The Balaban J connectivity index is 1.41. The van der Waals surface area contributed by atoms with Crippen molar-refractivity contribution in [3.05, 3.63) is 29.7 Å². The second-order valence-corrected chi connectivity index (χ2v) is 9.02. The number of nitrogens with zero attached hydrogens (tertiary/aromatic N) is 6. The summed E-state index contributed by atoms with van der Waals surface area (Å²) in [5, 5.41) is 27.5. The quantitative estimate of drug-likeness (QED) is 0.531. The van der Waals surface area contributed by atoms with Crippen LogP contribution in [-0.2, 0) is 11.2 Å². The van der Waals surface area contributed by atoms with E-state index in [1.165, 1.54) is 0 Å². The van der Waals surface area contributed by atoms with E-state index in [-0.39, 0.29) is 11.8 Å². The molecule has 0 aliphatic carbocycles. The highest BCUT2D eigenvalue weighted by atomic mass is 16.4. The minimum Gasteiger partial charge on any atom is -0.481 e. The first kappa shape index (κ1) is 21.6. The molecule has 168 valence electrons. The SMILES string of the molecule is CC(C)C[C@H](C(=O)O)[C@H](Cc1ccc(N2CC(N3CCNCC3)C2)nc1)c1nn[nH]n1. The molecule has 2 atom stereocenters. The molecule has 0 radical (unpaired) electrons. The minimum absolute atomic E-state index is 0.256. The fourth-order valence-corrected chi connectivity index (χ4v) is 4.58. The summed E-state index contributed by atoms with van der Waals surface area (Å²) >= 11 is 0. The molecule has 0 aromatic carbocycles. The van der Waals surface area contributed by atoms with Crippen LogP contribution >= 0.6 is 0 Å². The smallest absolute Gasteiger partial charge is 0.307 e. The number of pyridine rings is 1. The van der Waals surface area contributed by atoms with Gasteiger partial charge in [-0.1, -0.05) is 25.1 Å². The van der Waals surface area contributed by atoms with Crippen molar-refractivity contribution in [3.8, 4) is 0 Å². The van der Waals surface area contributed by atoms with Gasteiger partial charge < -0.3 is 15.3 Å². The number of H-pyrrole nitrogens is 1. The topological polar surface area (TPSA) is 123 Å². The number of carbonyl (C=O) groups is 1. The van der Waals surface area contributed by atoms with Gasteiger partial charge in [0, 0.05) is 57.4 Å². The molecule has 31 heavy (non-hydrogen) atoms. The lowest BCUT2D eigenvalue weighted by Crippen LogP contribution is -2.63. The van der Waals surface area contributed by atoms with Crippen LogP contribution in [-0.4, -0.2) is 86.9 Å². The van der Waals surface area contributed by atoms with Crippen molar-refractivity contribution < 1.29 is 9.90 Å². The first-order valence-electron chi connectivity index (χ1n) is 11.1. The molecule has 0 amide bonds. The molecule has 10 heteroatoms. The third-order valence-electron chi connectivity index (χ3n) is 6.34. The van der Waals surface area contributed by atoms with E-state index < -0.39 is 11.9 Å². The second kappa shape index (κ2) is 9.69. The third-order valence-corrected chi connectivity index (χ3v) is 6.34. The van der Waals surface area contributed by atoms with Gasteiger partial charge in [-0.2, -0.15) is 5.21 Å². The van der Waals surface area contributed by atoms with Crippen LogP contribution in [0.4, 0.5) is 5.82 Å². The highest BCUT2D eigenvalue weighted by molar-refractivity contribution is 5.71. The maximum Gasteiger partial charge on any atom is 0.307 e. The molecule has 0 bridgehead atoms. The summed E-state index contributed by atoms with van der Waals surface area (Å²) in [6.45, 7) is 10.4. The lowest BCUT2D eigenvalue weighted by molar-refractivity contribution is -0.143. The molecule has 2 aromatic rings. The molecular formula is C21H32N8O2. The van der Waals surface area contributed by atoms with Crippen molar-refractivity contribution >= 4 is 11.8 Å². The number of nitrogens with one attached hydrogen (secondary N) is 2. The molecule has 2 aliphatic heterocycles. The number of aromatic nitrogens is 5. The van der Waals surface area contributed by atoms with E-state index in [1.54, 1.807) is 0 Å². The first-order chi connectivity index (χ1) is 15.0. The lowest BCUT2D eigenvalue weighted by atomic mass is 9.81. The molecule has 4 rings (SSSR count). The number of hydrogen-bond acceptors (Lipinski definition) is 8. The van der Waals surface area contributed by atoms with Crippen molar-refractivity contribution in [2.45, 2.75) is 38.6 Å². The largest absolute Gasteiger partial charge is 0.481 e. The Morgan fingerprint density at radius 1 is 1.26 bits per heavy atom. The van der Waals surface area contributed by atoms with Gasteiger partial charge in [-0.3, -0.25) is 9.69 Å². The van der Waals surface area contributed by atoms with Crippen molar-refractivity contribution in [1.29, 1.82) is 0 Å². The van der Waals surface area contributed by atoms with Gasteiger partial charge in [-0.15, -0.1) is 10.2 Å². The van der Waals surface area contributed by atoms with Crippen molar-refractivity contribution in [2.24, 2.45) is 11.8 Å². The number of hydrogen-bond donors (Lipinski definition) is 3. The van der Waals surface area contributed by atoms with Gasteiger partial charge in [0.25, 0.3) is 0 Å². The van der Waals surface area contributed by atoms with Crippen LogP contribution in [0.3, 0.4) is 0 Å². The van der Waals surface area contributed by atoms with E-state index in [2.05, 4.69) is 40.7 Å². The molecule has 0 spiro atoms. The average molecular weight is 429 g/mol. The Hall–Kier alpha value is -2.59. The Morgan fingerprint density at radius 3 is 2.61 bits per heavy atom. The lowest BCUT2D eigenvalue weighted by Gasteiger charge is -2.47. The van der Waals surface area contributed by atoms with E-state index in [0.717, 1.165) is 50.6 Å². The molecule has 3 N–H and O–H groups in total. The highest BCUT2D eigenvalue weighted by Crippen LogP contribution is 2.31. The molecule has 2 aliphatic rings. The van der Waals surface area contributed by atoms with Gasteiger partial charge in [0.1, 0.15) is 5.82 Å². The van der Waals surface area contributed by atoms with Gasteiger partial charge in [-0.05, 0) is 30.4 Å². The zero-order valence-corrected chi connectivity index (χ0v) is 18.2. The Bertz CT molecular complexity index is 830. The Morgan fingerprint density at radius 2 is 2.03 bits per heavy atom. The van der Waals surface area contributed by atoms with Gasteiger partial charge in [0.15, 0.2) is 5.82 Å². The summed E-state index contributed by atoms with van der Waals surface area (Å²) in [5.74, 6) is -0.0829. The number of aromatic amines is 1. The number of tetrazole rings is 1. The monoisotopic (exact) mass is 428 g/mol. The molecular weight excluding hydrogens is 396 g/mol. The molecule has 2 saturated heterocycles. The molecule has 2 fully saturated rings. The zero-order chi connectivity index (χ0) is 21.8. The summed E-state index contributed by atoms with van der Waals surface area (Å²) < 4.78 is 0. The summed E-state index contributed by atoms with van der Waals surface area (Å²) in [5.41, 5.74) is 0.979. The average Bonchev–Trinajstić information content (AvgIpc) is 3.26. The summed E-state index contributed by atoms with van der Waals surface area (Å²) in [6, 6.07) is 4.69. The molecule has 4 heterocycles. The van der Waals surface area contributed by atoms with Gasteiger partial charge in [0.2, 0.25) is 0 Å². The number of aliphatic carboxylic acids is 1. The fraction of sp³-hybridized carbons (Fsp3) is 0.667. The highest BCUT2D eigenvalue weighted by Gasteiger charge is 2.34. The van der Waals surface area contributed by atoms with Crippen LogP contribution in [0, 0.1) is 11.8 Å². The zero-order valence-electron chi connectivity index (χ0n) is 18.2. The van der Waals surface area contributed by atoms with E-state index in [9.17, 15) is 9.90 Å². The van der Waals surface area contributed by atoms with E-state index in [4.69, 9.17) is 0 Å².